The predicted octanol–water partition coefficient (Wildman–Crippen LogP) is 4.48. The number of rotatable bonds is 5. The van der Waals surface area contributed by atoms with Gasteiger partial charge in [0.15, 0.2) is 0 Å². The molecule has 0 radical (unpaired) electrons. The molecule has 0 saturated carbocycles. The van der Waals surface area contributed by atoms with Gasteiger partial charge in [-0.25, -0.2) is 5.43 Å². The van der Waals surface area contributed by atoms with Crippen LogP contribution in [0, 0.1) is 24.0 Å². The van der Waals surface area contributed by atoms with Gasteiger partial charge in [-0.05, 0) is 44.2 Å². The molecule has 9 heteroatoms. The molecule has 2 aromatic heterocycles. The number of aryl methyl sites for hydroxylation is 2. The topological polar surface area (TPSA) is 111 Å². The summed E-state index contributed by atoms with van der Waals surface area (Å²) in [5.41, 5.74) is 2.89. The van der Waals surface area contributed by atoms with E-state index in [0.29, 0.717) is 22.8 Å². The van der Waals surface area contributed by atoms with Crippen molar-refractivity contribution in [2.24, 2.45) is 5.10 Å². The molecule has 0 aliphatic rings. The molecule has 27 heavy (non-hydrogen) atoms. The van der Waals surface area contributed by atoms with Gasteiger partial charge in [-0.15, -0.1) is 0 Å². The monoisotopic (exact) mass is 387 g/mol. The van der Waals surface area contributed by atoms with E-state index in [-0.39, 0.29) is 22.0 Å². The van der Waals surface area contributed by atoms with Crippen LogP contribution in [0.15, 0.2) is 50.3 Å². The Bertz CT molecular complexity index is 1050. The Labute approximate surface area is 158 Å². The molecule has 1 amide bonds. The summed E-state index contributed by atoms with van der Waals surface area (Å²) in [4.78, 5) is 22.7. The van der Waals surface area contributed by atoms with Crippen molar-refractivity contribution in [2.45, 2.75) is 13.8 Å². The van der Waals surface area contributed by atoms with Gasteiger partial charge < -0.3 is 8.83 Å². The quantitative estimate of drug-likeness (QED) is 0.394. The smallest absolute Gasteiger partial charge is 0.281 e. The largest absolute Gasteiger partial charge is 0.466 e. The molecular weight excluding hydrogens is 374 g/mol. The zero-order valence-electron chi connectivity index (χ0n) is 14.4. The first-order valence-corrected chi connectivity index (χ1v) is 8.17. The number of nitro benzene ring substituents is 1. The van der Waals surface area contributed by atoms with Crippen molar-refractivity contribution in [1.82, 2.24) is 5.43 Å². The van der Waals surface area contributed by atoms with E-state index in [1.165, 1.54) is 24.4 Å². The average Bonchev–Trinajstić information content (AvgIpc) is 3.20. The Kier molecular flexibility index (Phi) is 5.09. The maximum Gasteiger partial charge on any atom is 0.281 e. The van der Waals surface area contributed by atoms with Crippen LogP contribution in [0.1, 0.15) is 27.6 Å². The third-order valence-corrected chi connectivity index (χ3v) is 3.93. The summed E-state index contributed by atoms with van der Waals surface area (Å²) >= 11 is 5.81. The number of hydrogen-bond donors (Lipinski definition) is 1. The molecule has 1 aromatic carbocycles. The van der Waals surface area contributed by atoms with Gasteiger partial charge in [-0.1, -0.05) is 11.6 Å². The average molecular weight is 388 g/mol. The molecule has 3 rings (SSSR count). The molecule has 0 unspecified atom stereocenters. The number of hydrogen-bond acceptors (Lipinski definition) is 6. The van der Waals surface area contributed by atoms with E-state index in [1.807, 2.05) is 0 Å². The molecule has 0 bridgehead atoms. The highest BCUT2D eigenvalue weighted by Gasteiger charge is 2.18. The van der Waals surface area contributed by atoms with Crippen LogP contribution in [-0.2, 0) is 0 Å². The van der Waals surface area contributed by atoms with Crippen LogP contribution in [0.25, 0.3) is 11.3 Å². The third kappa shape index (κ3) is 4.06. The van der Waals surface area contributed by atoms with Crippen molar-refractivity contribution in [3.63, 3.8) is 0 Å². The standard InChI is InChI=1S/C18H14ClN3O5/c1-10-7-15(11(2)26-10)18(23)21-20-9-13-4-6-17(27-13)14-5-3-12(19)8-16(14)22(24)25/h3-9H,1-2H3,(H,21,23)/b20-9-. The van der Waals surface area contributed by atoms with Gasteiger partial charge in [0.1, 0.15) is 23.0 Å². The summed E-state index contributed by atoms with van der Waals surface area (Å²) in [7, 11) is 0. The highest BCUT2D eigenvalue weighted by molar-refractivity contribution is 6.30. The van der Waals surface area contributed by atoms with Crippen molar-refractivity contribution < 1.29 is 18.6 Å². The van der Waals surface area contributed by atoms with Gasteiger partial charge in [0.2, 0.25) is 0 Å². The number of benzene rings is 1. The molecule has 2 heterocycles. The van der Waals surface area contributed by atoms with Crippen molar-refractivity contribution >= 4 is 29.4 Å². The first kappa shape index (κ1) is 18.4. The highest BCUT2D eigenvalue weighted by atomic mass is 35.5. The zero-order valence-corrected chi connectivity index (χ0v) is 15.1. The van der Waals surface area contributed by atoms with Gasteiger partial charge in [0.05, 0.1) is 22.3 Å². The van der Waals surface area contributed by atoms with E-state index in [2.05, 4.69) is 10.5 Å². The van der Waals surface area contributed by atoms with Crippen molar-refractivity contribution in [3.8, 4) is 11.3 Å². The number of nitrogens with zero attached hydrogens (tertiary/aromatic N) is 2. The number of carbonyl (C=O) groups is 1. The lowest BCUT2D eigenvalue weighted by atomic mass is 10.1. The fourth-order valence-electron chi connectivity index (χ4n) is 2.50. The number of nitro groups is 1. The number of nitrogens with one attached hydrogen (secondary N) is 1. The third-order valence-electron chi connectivity index (χ3n) is 3.69. The molecule has 8 nitrogen and oxygen atoms in total. The lowest BCUT2D eigenvalue weighted by Gasteiger charge is -2.00. The number of halogens is 1. The minimum absolute atomic E-state index is 0.167. The first-order chi connectivity index (χ1) is 12.8. The lowest BCUT2D eigenvalue weighted by molar-refractivity contribution is -0.384. The lowest BCUT2D eigenvalue weighted by Crippen LogP contribution is -2.17. The Morgan fingerprint density at radius 3 is 2.67 bits per heavy atom. The number of amides is 1. The molecule has 0 saturated heterocycles. The summed E-state index contributed by atoms with van der Waals surface area (Å²) in [6.45, 7) is 3.43. The minimum Gasteiger partial charge on any atom is -0.466 e. The summed E-state index contributed by atoms with van der Waals surface area (Å²) in [6.07, 6.45) is 1.30. The van der Waals surface area contributed by atoms with Crippen LogP contribution in [0.2, 0.25) is 5.02 Å². The normalized spacial score (nSPS) is 11.1. The fourth-order valence-corrected chi connectivity index (χ4v) is 2.67. The van der Waals surface area contributed by atoms with Crippen LogP contribution in [0.4, 0.5) is 5.69 Å². The van der Waals surface area contributed by atoms with Crippen LogP contribution in [0.5, 0.6) is 0 Å². The Balaban J connectivity index is 1.75. The van der Waals surface area contributed by atoms with Crippen molar-refractivity contribution in [3.05, 3.63) is 74.4 Å². The summed E-state index contributed by atoms with van der Waals surface area (Å²) in [6, 6.07) is 9.06. The van der Waals surface area contributed by atoms with E-state index in [9.17, 15) is 14.9 Å². The summed E-state index contributed by atoms with van der Waals surface area (Å²) < 4.78 is 10.8. The van der Waals surface area contributed by atoms with E-state index in [0.717, 1.165) is 0 Å². The molecule has 3 aromatic rings. The molecule has 0 spiro atoms. The van der Waals surface area contributed by atoms with Crippen LogP contribution >= 0.6 is 11.6 Å². The molecular formula is C18H14ClN3O5. The van der Waals surface area contributed by atoms with Crippen LogP contribution in [-0.4, -0.2) is 17.0 Å². The summed E-state index contributed by atoms with van der Waals surface area (Å²) in [5.74, 6) is 1.31. The Morgan fingerprint density at radius 1 is 1.22 bits per heavy atom. The Morgan fingerprint density at radius 2 is 2.00 bits per heavy atom. The fraction of sp³-hybridized carbons (Fsp3) is 0.111. The molecule has 0 aliphatic carbocycles. The van der Waals surface area contributed by atoms with Gasteiger partial charge in [-0.3, -0.25) is 14.9 Å². The SMILES string of the molecule is Cc1cc(C(=O)N/N=C\c2ccc(-c3ccc(Cl)cc3[N+](=O)[O-])o2)c(C)o1. The minimum atomic E-state index is -0.535. The number of carbonyl (C=O) groups excluding carboxylic acids is 1. The van der Waals surface area contributed by atoms with Gasteiger partial charge in [0.25, 0.3) is 11.6 Å². The first-order valence-electron chi connectivity index (χ1n) is 7.79. The molecule has 0 fully saturated rings. The maximum atomic E-state index is 12.0. The van der Waals surface area contributed by atoms with Crippen LogP contribution in [0.3, 0.4) is 0 Å². The van der Waals surface area contributed by atoms with E-state index < -0.39 is 10.8 Å². The second-order valence-electron chi connectivity index (χ2n) is 5.65. The number of hydrazone groups is 1. The molecule has 0 aliphatic heterocycles. The van der Waals surface area contributed by atoms with Crippen molar-refractivity contribution in [2.75, 3.05) is 0 Å². The second kappa shape index (κ2) is 7.46. The maximum absolute atomic E-state index is 12.0. The molecule has 0 atom stereocenters. The summed E-state index contributed by atoms with van der Waals surface area (Å²) in [5, 5.41) is 15.3. The zero-order chi connectivity index (χ0) is 19.6. The van der Waals surface area contributed by atoms with Gasteiger partial charge >= 0.3 is 0 Å². The van der Waals surface area contributed by atoms with Crippen LogP contribution < -0.4 is 5.43 Å². The van der Waals surface area contributed by atoms with E-state index in [1.54, 1.807) is 32.0 Å². The molecule has 138 valence electrons. The van der Waals surface area contributed by atoms with E-state index in [4.69, 9.17) is 20.4 Å². The van der Waals surface area contributed by atoms with E-state index >= 15 is 0 Å². The van der Waals surface area contributed by atoms with Gasteiger partial charge in [0, 0.05) is 11.1 Å². The predicted molar refractivity (Wildman–Crippen MR) is 99.1 cm³/mol. The number of furan rings is 2. The highest BCUT2D eigenvalue weighted by Crippen LogP contribution is 2.33. The Hall–Kier alpha value is -3.39. The van der Waals surface area contributed by atoms with Gasteiger partial charge in [-0.2, -0.15) is 5.10 Å². The second-order valence-corrected chi connectivity index (χ2v) is 6.08. The molecule has 1 N–H and O–H groups in total. The van der Waals surface area contributed by atoms with Crippen molar-refractivity contribution in [1.29, 1.82) is 0 Å².